The highest BCUT2D eigenvalue weighted by Crippen LogP contribution is 2.26. The number of nitro groups is 1. The number of sulfonamides is 1. The van der Waals surface area contributed by atoms with Crippen LogP contribution in [0.1, 0.15) is 16.7 Å². The molecule has 0 saturated carbocycles. The van der Waals surface area contributed by atoms with Crippen molar-refractivity contribution in [1.29, 1.82) is 0 Å². The number of rotatable bonds is 8. The maximum absolute atomic E-state index is 13.3. The number of hydrogen-bond donors (Lipinski definition) is 2. The van der Waals surface area contributed by atoms with Crippen molar-refractivity contribution in [2.24, 2.45) is 0 Å². The summed E-state index contributed by atoms with van der Waals surface area (Å²) < 4.78 is 28.3. The molecule has 0 spiro atoms. The zero-order valence-electron chi connectivity index (χ0n) is 20.1. The Morgan fingerprint density at radius 1 is 0.921 bits per heavy atom. The van der Waals surface area contributed by atoms with Crippen LogP contribution >= 0.6 is 11.6 Å². The number of carbonyl (C=O) groups excluding carboxylic acids is 1. The molecule has 192 valence electrons. The van der Waals surface area contributed by atoms with Gasteiger partial charge in [-0.2, -0.15) is 0 Å². The minimum absolute atomic E-state index is 0.00490. The molecule has 2 N–H and O–H groups in total. The summed E-state index contributed by atoms with van der Waals surface area (Å²) in [6.07, 6.45) is 1.56. The Hall–Kier alpha value is -4.47. The van der Waals surface area contributed by atoms with Crippen LogP contribution in [0.3, 0.4) is 0 Å². The molecule has 0 bridgehead atoms. The Kier molecular flexibility index (Phi) is 7.90. The molecule has 0 saturated heterocycles. The molecule has 0 heterocycles. The summed E-state index contributed by atoms with van der Waals surface area (Å²) in [5.41, 5.74) is 2.73. The second-order valence-corrected chi connectivity index (χ2v) is 10.4. The number of nitro benzene ring substituents is 1. The van der Waals surface area contributed by atoms with Gasteiger partial charge in [-0.15, -0.1) is 0 Å². The Labute approximate surface area is 224 Å². The highest BCUT2D eigenvalue weighted by Gasteiger charge is 2.17. The van der Waals surface area contributed by atoms with Gasteiger partial charge in [-0.05, 0) is 66.1 Å². The Morgan fingerprint density at radius 2 is 1.63 bits per heavy atom. The molecule has 1 amide bonds. The lowest BCUT2D eigenvalue weighted by Gasteiger charge is -2.12. The van der Waals surface area contributed by atoms with Crippen molar-refractivity contribution in [3.8, 4) is 0 Å². The fraction of sp³-hybridized carbons (Fsp3) is 0.0357. The van der Waals surface area contributed by atoms with Crippen molar-refractivity contribution in [2.75, 3.05) is 10.0 Å². The number of carbonyl (C=O) groups is 1. The Bertz CT molecular complexity index is 1640. The fourth-order valence-electron chi connectivity index (χ4n) is 3.62. The van der Waals surface area contributed by atoms with E-state index in [1.54, 1.807) is 61.5 Å². The quantitative estimate of drug-likeness (QED) is 0.112. The summed E-state index contributed by atoms with van der Waals surface area (Å²) in [6.45, 7) is 1.76. The van der Waals surface area contributed by atoms with Crippen LogP contribution in [0.4, 0.5) is 17.1 Å². The van der Waals surface area contributed by atoms with Crippen LogP contribution in [0.25, 0.3) is 11.6 Å². The molecule has 0 aromatic heterocycles. The Balaban J connectivity index is 1.58. The van der Waals surface area contributed by atoms with Gasteiger partial charge in [-0.25, -0.2) is 8.42 Å². The van der Waals surface area contributed by atoms with Gasteiger partial charge >= 0.3 is 0 Å². The molecule has 4 aromatic rings. The van der Waals surface area contributed by atoms with Gasteiger partial charge in [-0.3, -0.25) is 19.6 Å². The van der Waals surface area contributed by atoms with Gasteiger partial charge in [-0.1, -0.05) is 60.1 Å². The largest absolute Gasteiger partial charge is 0.322 e. The average molecular weight is 548 g/mol. The van der Waals surface area contributed by atoms with Gasteiger partial charge in [0.2, 0.25) is 0 Å². The van der Waals surface area contributed by atoms with Crippen LogP contribution < -0.4 is 10.0 Å². The number of hydrogen-bond acceptors (Lipinski definition) is 5. The van der Waals surface area contributed by atoms with Crippen molar-refractivity contribution < 1.29 is 18.1 Å². The topological polar surface area (TPSA) is 118 Å². The van der Waals surface area contributed by atoms with E-state index < -0.39 is 20.9 Å². The molecule has 0 fully saturated rings. The minimum atomic E-state index is -3.90. The summed E-state index contributed by atoms with van der Waals surface area (Å²) >= 11 is 5.99. The molecule has 4 aromatic carbocycles. The standard InChI is InChI=1S/C28H22ClN3O5S/c1-19-10-11-22(29)18-27(19)31-38(36,37)25-14-12-23(13-15-25)30-28(33)26(21-7-3-2-4-8-21)17-20-6-5-9-24(16-20)32(34)35/h2-18,31H,1H3,(H,30,33)/b26-17+. The summed E-state index contributed by atoms with van der Waals surface area (Å²) in [7, 11) is -3.90. The van der Waals surface area contributed by atoms with Crippen LogP contribution in [0.15, 0.2) is 102 Å². The molecule has 0 atom stereocenters. The molecule has 0 aliphatic rings. The number of aryl methyl sites for hydroxylation is 1. The van der Waals surface area contributed by atoms with Crippen LogP contribution in [0.5, 0.6) is 0 Å². The first kappa shape index (κ1) is 26.6. The third-order valence-corrected chi connectivity index (χ3v) is 7.20. The van der Waals surface area contributed by atoms with Gasteiger partial charge < -0.3 is 5.32 Å². The molecular formula is C28H22ClN3O5S. The van der Waals surface area contributed by atoms with E-state index in [2.05, 4.69) is 10.0 Å². The predicted octanol–water partition coefficient (Wildman–Crippen LogP) is 6.54. The lowest BCUT2D eigenvalue weighted by atomic mass is 10.0. The van der Waals surface area contributed by atoms with Crippen molar-refractivity contribution in [2.45, 2.75) is 11.8 Å². The number of anilines is 2. The van der Waals surface area contributed by atoms with Crippen molar-refractivity contribution in [1.82, 2.24) is 0 Å². The molecule has 10 heteroatoms. The van der Waals surface area contributed by atoms with Crippen molar-refractivity contribution in [3.05, 3.63) is 129 Å². The smallest absolute Gasteiger partial charge is 0.270 e. The molecule has 0 aliphatic heterocycles. The van der Waals surface area contributed by atoms with E-state index in [4.69, 9.17) is 11.6 Å². The first-order valence-electron chi connectivity index (χ1n) is 11.3. The number of benzene rings is 4. The summed E-state index contributed by atoms with van der Waals surface area (Å²) in [5.74, 6) is -0.467. The van der Waals surface area contributed by atoms with E-state index >= 15 is 0 Å². The lowest BCUT2D eigenvalue weighted by Crippen LogP contribution is -2.15. The third-order valence-electron chi connectivity index (χ3n) is 5.59. The van der Waals surface area contributed by atoms with E-state index in [-0.39, 0.29) is 16.2 Å². The Morgan fingerprint density at radius 3 is 2.32 bits per heavy atom. The SMILES string of the molecule is Cc1ccc(Cl)cc1NS(=O)(=O)c1ccc(NC(=O)/C(=C/c2cccc([N+](=O)[O-])c2)c2ccccc2)cc1. The number of nitrogens with one attached hydrogen (secondary N) is 2. The predicted molar refractivity (Wildman–Crippen MR) is 149 cm³/mol. The summed E-state index contributed by atoms with van der Waals surface area (Å²) in [6, 6.07) is 25.5. The molecule has 0 aliphatic carbocycles. The summed E-state index contributed by atoms with van der Waals surface area (Å²) in [5, 5.41) is 14.3. The van der Waals surface area contributed by atoms with E-state index in [0.717, 1.165) is 0 Å². The first-order chi connectivity index (χ1) is 18.1. The monoisotopic (exact) mass is 547 g/mol. The van der Waals surface area contributed by atoms with Crippen LogP contribution in [-0.4, -0.2) is 19.2 Å². The zero-order chi connectivity index (χ0) is 27.3. The number of amides is 1. The fourth-order valence-corrected chi connectivity index (χ4v) is 4.91. The van der Waals surface area contributed by atoms with Crippen LogP contribution in [-0.2, 0) is 14.8 Å². The molecule has 38 heavy (non-hydrogen) atoms. The number of non-ortho nitro benzene ring substituents is 1. The normalized spacial score (nSPS) is 11.6. The maximum atomic E-state index is 13.3. The highest BCUT2D eigenvalue weighted by molar-refractivity contribution is 7.92. The van der Waals surface area contributed by atoms with Crippen molar-refractivity contribution >= 4 is 56.2 Å². The van der Waals surface area contributed by atoms with E-state index in [1.807, 2.05) is 6.07 Å². The lowest BCUT2D eigenvalue weighted by molar-refractivity contribution is -0.384. The van der Waals surface area contributed by atoms with E-state index in [1.165, 1.54) is 42.5 Å². The molecular weight excluding hydrogens is 526 g/mol. The molecule has 8 nitrogen and oxygen atoms in total. The van der Waals surface area contributed by atoms with Gasteiger partial charge in [0.25, 0.3) is 21.6 Å². The third kappa shape index (κ3) is 6.44. The summed E-state index contributed by atoms with van der Waals surface area (Å²) in [4.78, 5) is 23.9. The van der Waals surface area contributed by atoms with Crippen LogP contribution in [0.2, 0.25) is 5.02 Å². The average Bonchev–Trinajstić information content (AvgIpc) is 2.90. The van der Waals surface area contributed by atoms with E-state index in [0.29, 0.717) is 33.1 Å². The number of halogens is 1. The zero-order valence-corrected chi connectivity index (χ0v) is 21.7. The van der Waals surface area contributed by atoms with Gasteiger partial charge in [0.15, 0.2) is 0 Å². The molecule has 0 radical (unpaired) electrons. The van der Waals surface area contributed by atoms with Gasteiger partial charge in [0, 0.05) is 28.4 Å². The highest BCUT2D eigenvalue weighted by atomic mass is 35.5. The maximum Gasteiger partial charge on any atom is 0.270 e. The van der Waals surface area contributed by atoms with Gasteiger partial charge in [0.1, 0.15) is 0 Å². The van der Waals surface area contributed by atoms with E-state index in [9.17, 15) is 23.3 Å². The second kappa shape index (κ2) is 11.3. The van der Waals surface area contributed by atoms with Crippen LogP contribution in [0, 0.1) is 17.0 Å². The van der Waals surface area contributed by atoms with Crippen molar-refractivity contribution in [3.63, 3.8) is 0 Å². The second-order valence-electron chi connectivity index (χ2n) is 8.32. The number of nitrogens with zero attached hydrogens (tertiary/aromatic N) is 1. The minimum Gasteiger partial charge on any atom is -0.322 e. The first-order valence-corrected chi connectivity index (χ1v) is 13.2. The molecule has 4 rings (SSSR count). The molecule has 0 unspecified atom stereocenters. The van der Waals surface area contributed by atoms with Gasteiger partial charge in [0.05, 0.1) is 15.5 Å².